The van der Waals surface area contributed by atoms with Gasteiger partial charge in [-0.2, -0.15) is 0 Å². The number of nitrogens with zero attached hydrogens (tertiary/aromatic N) is 1. The molecule has 0 amide bonds. The molecule has 2 aromatic heterocycles. The third-order valence-corrected chi connectivity index (χ3v) is 6.11. The Bertz CT molecular complexity index is 1030. The summed E-state index contributed by atoms with van der Waals surface area (Å²) >= 11 is 1.50. The number of likely N-dealkylation sites (tertiary alicyclic amines) is 1. The van der Waals surface area contributed by atoms with Crippen molar-refractivity contribution >= 4 is 27.5 Å². The lowest BCUT2D eigenvalue weighted by Crippen LogP contribution is -3.12. The number of piperidine rings is 1. The van der Waals surface area contributed by atoms with Crippen LogP contribution in [0.25, 0.3) is 21.3 Å². The van der Waals surface area contributed by atoms with E-state index < -0.39 is 0 Å². The van der Waals surface area contributed by atoms with Gasteiger partial charge < -0.3 is 14.6 Å². The first-order chi connectivity index (χ1) is 13.7. The van der Waals surface area contributed by atoms with Crippen LogP contribution in [0.1, 0.15) is 25.6 Å². The number of hydrogen-bond donors (Lipinski definition) is 2. The van der Waals surface area contributed by atoms with Crippen LogP contribution in [0.3, 0.4) is 0 Å². The number of aromatic nitrogens is 2. The maximum absolute atomic E-state index is 12.8. The van der Waals surface area contributed by atoms with Crippen molar-refractivity contribution in [2.75, 3.05) is 19.7 Å². The average Bonchev–Trinajstić information content (AvgIpc) is 3.14. The highest BCUT2D eigenvalue weighted by molar-refractivity contribution is 7.17. The highest BCUT2D eigenvalue weighted by Gasteiger charge is 2.30. The van der Waals surface area contributed by atoms with Crippen LogP contribution in [0.4, 0.5) is 0 Å². The summed E-state index contributed by atoms with van der Waals surface area (Å²) in [4.78, 5) is 34.5. The number of hydrogen-bond acceptors (Lipinski definition) is 5. The molecule has 0 spiro atoms. The Kier molecular flexibility index (Phi) is 5.54. The van der Waals surface area contributed by atoms with E-state index in [0.717, 1.165) is 41.9 Å². The van der Waals surface area contributed by atoms with E-state index in [1.54, 1.807) is 0 Å². The fourth-order valence-corrected chi connectivity index (χ4v) is 4.88. The summed E-state index contributed by atoms with van der Waals surface area (Å²) in [5.74, 6) is 0.506. The maximum Gasteiger partial charge on any atom is 0.314 e. The molecule has 146 valence electrons. The van der Waals surface area contributed by atoms with Crippen LogP contribution < -0.4 is 10.5 Å². The number of ether oxygens (including phenoxy) is 1. The third kappa shape index (κ3) is 3.86. The largest absolute Gasteiger partial charge is 0.466 e. The molecular formula is C21H24N3O3S+. The van der Waals surface area contributed by atoms with E-state index in [-0.39, 0.29) is 17.4 Å². The second-order valence-electron chi connectivity index (χ2n) is 7.18. The number of fused-ring (bicyclic) bond motifs is 1. The van der Waals surface area contributed by atoms with Crippen molar-refractivity contribution < 1.29 is 14.4 Å². The van der Waals surface area contributed by atoms with E-state index in [1.807, 2.05) is 42.6 Å². The summed E-state index contributed by atoms with van der Waals surface area (Å²) < 4.78 is 5.18. The van der Waals surface area contributed by atoms with Gasteiger partial charge in [0.2, 0.25) is 0 Å². The van der Waals surface area contributed by atoms with Crippen LogP contribution in [0.2, 0.25) is 0 Å². The van der Waals surface area contributed by atoms with Gasteiger partial charge in [-0.1, -0.05) is 30.3 Å². The second-order valence-corrected chi connectivity index (χ2v) is 8.04. The van der Waals surface area contributed by atoms with Gasteiger partial charge >= 0.3 is 5.97 Å². The summed E-state index contributed by atoms with van der Waals surface area (Å²) in [5, 5.41) is 2.65. The zero-order valence-corrected chi connectivity index (χ0v) is 16.7. The molecule has 2 N–H and O–H groups in total. The van der Waals surface area contributed by atoms with Crippen molar-refractivity contribution in [2.24, 2.45) is 5.92 Å². The van der Waals surface area contributed by atoms with Gasteiger partial charge in [0.1, 0.15) is 17.3 Å². The normalized spacial score (nSPS) is 19.6. The molecule has 6 nitrogen and oxygen atoms in total. The lowest BCUT2D eigenvalue weighted by atomic mass is 9.98. The molecule has 1 aliphatic rings. The molecular weight excluding hydrogens is 374 g/mol. The fraction of sp³-hybridized carbons (Fsp3) is 0.381. The first kappa shape index (κ1) is 18.8. The van der Waals surface area contributed by atoms with E-state index in [1.165, 1.54) is 16.2 Å². The number of aromatic amines is 1. The number of H-pyrrole nitrogens is 1. The Labute approximate surface area is 167 Å². The lowest BCUT2D eigenvalue weighted by Gasteiger charge is -2.28. The molecule has 1 aromatic carbocycles. The first-order valence-electron chi connectivity index (χ1n) is 9.71. The van der Waals surface area contributed by atoms with Crippen molar-refractivity contribution in [3.05, 3.63) is 51.9 Å². The van der Waals surface area contributed by atoms with E-state index in [2.05, 4.69) is 4.98 Å². The Morgan fingerprint density at radius 3 is 2.96 bits per heavy atom. The minimum absolute atomic E-state index is 0.0643. The highest BCUT2D eigenvalue weighted by atomic mass is 32.1. The van der Waals surface area contributed by atoms with Crippen molar-refractivity contribution in [1.29, 1.82) is 0 Å². The SMILES string of the molecule is CCOC(=O)[C@@H]1CCC[NH+](Cc2nc3scc(-c4ccccc4)c3c(=O)[nH]2)C1. The van der Waals surface area contributed by atoms with Crippen LogP contribution in [0.15, 0.2) is 40.5 Å². The van der Waals surface area contributed by atoms with Crippen molar-refractivity contribution in [3.63, 3.8) is 0 Å². The Morgan fingerprint density at radius 1 is 1.36 bits per heavy atom. The average molecular weight is 399 g/mol. The minimum Gasteiger partial charge on any atom is -0.466 e. The molecule has 3 aromatic rings. The van der Waals surface area contributed by atoms with Gasteiger partial charge in [0.25, 0.3) is 5.56 Å². The predicted molar refractivity (Wildman–Crippen MR) is 109 cm³/mol. The summed E-state index contributed by atoms with van der Waals surface area (Å²) in [6, 6.07) is 9.90. The number of rotatable bonds is 5. The minimum atomic E-state index is -0.109. The molecule has 7 heteroatoms. The van der Waals surface area contributed by atoms with Crippen LogP contribution >= 0.6 is 11.3 Å². The zero-order valence-electron chi connectivity index (χ0n) is 15.9. The van der Waals surface area contributed by atoms with E-state index >= 15 is 0 Å². The molecule has 3 heterocycles. The van der Waals surface area contributed by atoms with Crippen LogP contribution in [-0.2, 0) is 16.1 Å². The number of nitrogens with one attached hydrogen (secondary N) is 2. The molecule has 28 heavy (non-hydrogen) atoms. The van der Waals surface area contributed by atoms with Crippen LogP contribution in [0.5, 0.6) is 0 Å². The van der Waals surface area contributed by atoms with Crippen molar-refractivity contribution in [1.82, 2.24) is 9.97 Å². The molecule has 1 fully saturated rings. The molecule has 4 rings (SSSR count). The molecule has 0 aliphatic carbocycles. The molecule has 2 atom stereocenters. The monoisotopic (exact) mass is 398 g/mol. The van der Waals surface area contributed by atoms with Gasteiger partial charge in [-0.15, -0.1) is 11.3 Å². The molecule has 1 unspecified atom stereocenters. The summed E-state index contributed by atoms with van der Waals surface area (Å²) in [6.45, 7) is 4.55. The van der Waals surface area contributed by atoms with E-state index in [9.17, 15) is 9.59 Å². The lowest BCUT2D eigenvalue weighted by molar-refractivity contribution is -0.921. The van der Waals surface area contributed by atoms with Gasteiger partial charge in [-0.25, -0.2) is 4.98 Å². The van der Waals surface area contributed by atoms with Crippen molar-refractivity contribution in [2.45, 2.75) is 26.3 Å². The Hall–Kier alpha value is -2.51. The number of thiophene rings is 1. The molecule has 1 aliphatic heterocycles. The smallest absolute Gasteiger partial charge is 0.314 e. The third-order valence-electron chi connectivity index (χ3n) is 5.23. The zero-order chi connectivity index (χ0) is 19.5. The molecule has 0 radical (unpaired) electrons. The summed E-state index contributed by atoms with van der Waals surface area (Å²) in [7, 11) is 0. The van der Waals surface area contributed by atoms with Gasteiger partial charge in [0, 0.05) is 10.9 Å². The summed E-state index contributed by atoms with van der Waals surface area (Å²) in [6.07, 6.45) is 1.85. The Morgan fingerprint density at radius 2 is 2.18 bits per heavy atom. The van der Waals surface area contributed by atoms with Gasteiger partial charge in [-0.3, -0.25) is 9.59 Å². The standard InChI is InChI=1S/C21H23N3O3S/c1-2-27-21(26)15-9-6-10-24(11-15)12-17-22-19(25)18-16(13-28-20(18)23-17)14-7-4-3-5-8-14/h3-5,7-8,13,15H,2,6,9-12H2,1H3,(H,22,23,25)/p+1/t15-/m1/s1. The van der Waals surface area contributed by atoms with E-state index in [0.29, 0.717) is 24.4 Å². The number of benzene rings is 1. The van der Waals surface area contributed by atoms with Crippen LogP contribution in [-0.4, -0.2) is 35.6 Å². The number of carbonyl (C=O) groups excluding carboxylic acids is 1. The maximum atomic E-state index is 12.8. The first-order valence-corrected chi connectivity index (χ1v) is 10.6. The Balaban J connectivity index is 1.56. The van der Waals surface area contributed by atoms with Gasteiger partial charge in [-0.05, 0) is 25.3 Å². The summed E-state index contributed by atoms with van der Waals surface area (Å²) in [5.41, 5.74) is 1.85. The van der Waals surface area contributed by atoms with Crippen LogP contribution in [0, 0.1) is 5.92 Å². The molecule has 0 bridgehead atoms. The highest BCUT2D eigenvalue weighted by Crippen LogP contribution is 2.30. The second kappa shape index (κ2) is 8.24. The van der Waals surface area contributed by atoms with E-state index in [4.69, 9.17) is 9.72 Å². The molecule has 1 saturated heterocycles. The topological polar surface area (TPSA) is 76.5 Å². The van der Waals surface area contributed by atoms with Gasteiger partial charge in [0.05, 0.1) is 25.1 Å². The number of quaternary nitrogens is 1. The number of esters is 1. The number of carbonyl (C=O) groups is 1. The van der Waals surface area contributed by atoms with Crippen molar-refractivity contribution in [3.8, 4) is 11.1 Å². The molecule has 0 saturated carbocycles. The fourth-order valence-electron chi connectivity index (χ4n) is 3.92. The predicted octanol–water partition coefficient (Wildman–Crippen LogP) is 2.01. The quantitative estimate of drug-likeness (QED) is 0.645. The van der Waals surface area contributed by atoms with Gasteiger partial charge in [0.15, 0.2) is 5.82 Å².